The number of hydrogen-bond donors (Lipinski definition) is 2. The summed E-state index contributed by atoms with van der Waals surface area (Å²) in [7, 11) is 0. The highest BCUT2D eigenvalue weighted by Gasteiger charge is 2.16. The fourth-order valence-electron chi connectivity index (χ4n) is 1.88. The number of rotatable bonds is 4. The topological polar surface area (TPSA) is 74.7 Å². The van der Waals surface area contributed by atoms with Crippen LogP contribution in [0.1, 0.15) is 31.2 Å². The predicted octanol–water partition coefficient (Wildman–Crippen LogP) is 2.14. The van der Waals surface area contributed by atoms with E-state index in [1.165, 1.54) is 19.3 Å². The first-order valence-corrected chi connectivity index (χ1v) is 5.69. The van der Waals surface area contributed by atoms with E-state index in [2.05, 4.69) is 16.4 Å². The van der Waals surface area contributed by atoms with Gasteiger partial charge in [-0.15, -0.1) is 0 Å². The van der Waals surface area contributed by atoms with Gasteiger partial charge in [0.05, 0.1) is 17.4 Å². The molecule has 0 atom stereocenters. The quantitative estimate of drug-likeness (QED) is 0.808. The van der Waals surface area contributed by atoms with Gasteiger partial charge in [-0.2, -0.15) is 5.26 Å². The van der Waals surface area contributed by atoms with Crippen molar-refractivity contribution in [3.63, 3.8) is 0 Å². The molecule has 0 spiro atoms. The van der Waals surface area contributed by atoms with Crippen molar-refractivity contribution in [1.82, 2.24) is 4.98 Å². The van der Waals surface area contributed by atoms with E-state index in [0.717, 1.165) is 18.9 Å². The monoisotopic (exact) mass is 216 g/mol. The zero-order valence-corrected chi connectivity index (χ0v) is 9.24. The molecule has 1 aliphatic carbocycles. The molecule has 4 nitrogen and oxygen atoms in total. The van der Waals surface area contributed by atoms with Gasteiger partial charge in [0.15, 0.2) is 0 Å². The Hall–Kier alpha value is -1.76. The predicted molar refractivity (Wildman–Crippen MR) is 63.8 cm³/mol. The maximum atomic E-state index is 8.92. The molecule has 3 N–H and O–H groups in total. The molecule has 1 heterocycles. The molecule has 0 unspecified atom stereocenters. The molecule has 84 valence electrons. The summed E-state index contributed by atoms with van der Waals surface area (Å²) in [6.07, 6.45) is 6.81. The standard InChI is InChI=1S/C12H16N4/c13-7-10-6-11(14)8-16-12(10)15-5-4-9-2-1-3-9/h6,8-9H,1-5,14H2,(H,15,16). The molecule has 0 bridgehead atoms. The van der Waals surface area contributed by atoms with Crippen LogP contribution in [0, 0.1) is 17.2 Å². The van der Waals surface area contributed by atoms with E-state index >= 15 is 0 Å². The minimum atomic E-state index is 0.522. The number of nitrogens with zero attached hydrogens (tertiary/aromatic N) is 2. The minimum absolute atomic E-state index is 0.522. The first-order valence-electron chi connectivity index (χ1n) is 5.69. The maximum Gasteiger partial charge on any atom is 0.144 e. The van der Waals surface area contributed by atoms with Crippen LogP contribution in [0.25, 0.3) is 0 Å². The Labute approximate surface area is 95.5 Å². The summed E-state index contributed by atoms with van der Waals surface area (Å²) in [5, 5.41) is 12.1. The second-order valence-electron chi connectivity index (χ2n) is 4.29. The molecule has 0 aliphatic heterocycles. The van der Waals surface area contributed by atoms with E-state index in [9.17, 15) is 0 Å². The van der Waals surface area contributed by atoms with Gasteiger partial charge in [0, 0.05) is 6.54 Å². The summed E-state index contributed by atoms with van der Waals surface area (Å²) in [6, 6.07) is 3.75. The number of nitriles is 1. The van der Waals surface area contributed by atoms with Crippen LogP contribution < -0.4 is 11.1 Å². The molecular formula is C12H16N4. The van der Waals surface area contributed by atoms with E-state index in [1.807, 2.05) is 0 Å². The van der Waals surface area contributed by atoms with E-state index in [1.54, 1.807) is 12.3 Å². The van der Waals surface area contributed by atoms with Gasteiger partial charge in [-0.3, -0.25) is 0 Å². The normalized spacial score (nSPS) is 15.2. The van der Waals surface area contributed by atoms with Gasteiger partial charge in [0.25, 0.3) is 0 Å². The Morgan fingerprint density at radius 2 is 2.38 bits per heavy atom. The number of anilines is 2. The van der Waals surface area contributed by atoms with Gasteiger partial charge >= 0.3 is 0 Å². The number of pyridine rings is 1. The van der Waals surface area contributed by atoms with Crippen molar-refractivity contribution in [3.05, 3.63) is 17.8 Å². The van der Waals surface area contributed by atoms with Gasteiger partial charge in [0.1, 0.15) is 11.9 Å². The third-order valence-corrected chi connectivity index (χ3v) is 3.10. The summed E-state index contributed by atoms with van der Waals surface area (Å²) in [6.45, 7) is 0.885. The lowest BCUT2D eigenvalue weighted by Crippen LogP contribution is -2.16. The average Bonchev–Trinajstić information content (AvgIpc) is 2.23. The molecule has 1 aromatic heterocycles. The van der Waals surface area contributed by atoms with Gasteiger partial charge in [-0.1, -0.05) is 19.3 Å². The summed E-state index contributed by atoms with van der Waals surface area (Å²) in [5.74, 6) is 1.52. The molecule has 1 fully saturated rings. The molecule has 4 heteroatoms. The van der Waals surface area contributed by atoms with Crippen LogP contribution in [-0.4, -0.2) is 11.5 Å². The van der Waals surface area contributed by atoms with E-state index in [4.69, 9.17) is 11.0 Å². The second-order valence-corrected chi connectivity index (χ2v) is 4.29. The molecule has 0 radical (unpaired) electrons. The molecule has 0 amide bonds. The largest absolute Gasteiger partial charge is 0.397 e. The summed E-state index contributed by atoms with van der Waals surface area (Å²) >= 11 is 0. The van der Waals surface area contributed by atoms with E-state index in [0.29, 0.717) is 17.1 Å². The highest BCUT2D eigenvalue weighted by molar-refractivity contribution is 5.57. The first kappa shape index (κ1) is 10.7. The lowest BCUT2D eigenvalue weighted by molar-refractivity contribution is 0.303. The Kier molecular flexibility index (Phi) is 3.25. The smallest absolute Gasteiger partial charge is 0.144 e. The third-order valence-electron chi connectivity index (χ3n) is 3.10. The van der Waals surface area contributed by atoms with Crippen molar-refractivity contribution in [2.75, 3.05) is 17.6 Å². The van der Waals surface area contributed by atoms with Crippen LogP contribution in [-0.2, 0) is 0 Å². The average molecular weight is 216 g/mol. The summed E-state index contributed by atoms with van der Waals surface area (Å²) < 4.78 is 0. The van der Waals surface area contributed by atoms with Crippen molar-refractivity contribution in [1.29, 1.82) is 5.26 Å². The Morgan fingerprint density at radius 3 is 3.00 bits per heavy atom. The zero-order chi connectivity index (χ0) is 11.4. The van der Waals surface area contributed by atoms with Crippen LogP contribution in [0.5, 0.6) is 0 Å². The Balaban J connectivity index is 1.90. The number of nitrogens with one attached hydrogen (secondary N) is 1. The summed E-state index contributed by atoms with van der Waals surface area (Å²) in [4.78, 5) is 4.13. The van der Waals surface area contributed by atoms with Crippen molar-refractivity contribution in [2.45, 2.75) is 25.7 Å². The molecule has 1 aromatic rings. The van der Waals surface area contributed by atoms with Crippen molar-refractivity contribution in [2.24, 2.45) is 5.92 Å². The van der Waals surface area contributed by atoms with Gasteiger partial charge in [-0.05, 0) is 18.4 Å². The third kappa shape index (κ3) is 2.43. The van der Waals surface area contributed by atoms with Gasteiger partial charge < -0.3 is 11.1 Å². The van der Waals surface area contributed by atoms with Crippen molar-refractivity contribution in [3.8, 4) is 6.07 Å². The van der Waals surface area contributed by atoms with Gasteiger partial charge in [-0.25, -0.2) is 4.98 Å². The molecule has 1 aliphatic rings. The Morgan fingerprint density at radius 1 is 1.56 bits per heavy atom. The van der Waals surface area contributed by atoms with Crippen molar-refractivity contribution >= 4 is 11.5 Å². The van der Waals surface area contributed by atoms with Crippen LogP contribution in [0.15, 0.2) is 12.3 Å². The van der Waals surface area contributed by atoms with E-state index in [-0.39, 0.29) is 0 Å². The summed E-state index contributed by atoms with van der Waals surface area (Å²) in [5.41, 5.74) is 6.62. The Bertz CT molecular complexity index is 404. The second kappa shape index (κ2) is 4.84. The van der Waals surface area contributed by atoms with Crippen LogP contribution in [0.4, 0.5) is 11.5 Å². The van der Waals surface area contributed by atoms with E-state index < -0.39 is 0 Å². The molecule has 0 saturated heterocycles. The number of aromatic nitrogens is 1. The molecular weight excluding hydrogens is 200 g/mol. The number of hydrogen-bond acceptors (Lipinski definition) is 4. The fourth-order valence-corrected chi connectivity index (χ4v) is 1.88. The minimum Gasteiger partial charge on any atom is -0.397 e. The number of nitrogen functional groups attached to an aromatic ring is 1. The lowest BCUT2D eigenvalue weighted by Gasteiger charge is -2.25. The first-order chi connectivity index (χ1) is 7.79. The highest BCUT2D eigenvalue weighted by Crippen LogP contribution is 2.29. The molecule has 16 heavy (non-hydrogen) atoms. The lowest BCUT2D eigenvalue weighted by atomic mass is 9.83. The van der Waals surface area contributed by atoms with Crippen LogP contribution >= 0.6 is 0 Å². The molecule has 1 saturated carbocycles. The maximum absolute atomic E-state index is 8.92. The molecule has 0 aromatic carbocycles. The SMILES string of the molecule is N#Cc1cc(N)cnc1NCCC1CCC1. The zero-order valence-electron chi connectivity index (χ0n) is 9.24. The van der Waals surface area contributed by atoms with Crippen LogP contribution in [0.3, 0.4) is 0 Å². The van der Waals surface area contributed by atoms with Crippen molar-refractivity contribution < 1.29 is 0 Å². The molecule has 2 rings (SSSR count). The van der Waals surface area contributed by atoms with Gasteiger partial charge in [0.2, 0.25) is 0 Å². The number of nitrogens with two attached hydrogens (primary N) is 1. The van der Waals surface area contributed by atoms with Crippen LogP contribution in [0.2, 0.25) is 0 Å². The highest BCUT2D eigenvalue weighted by atomic mass is 15.0. The fraction of sp³-hybridized carbons (Fsp3) is 0.500.